The molecule has 3 heteroatoms. The van der Waals surface area contributed by atoms with Gasteiger partial charge >= 0.3 is 0 Å². The van der Waals surface area contributed by atoms with Crippen LogP contribution in [-0.4, -0.2) is 14.9 Å². The van der Waals surface area contributed by atoms with Gasteiger partial charge in [-0.15, -0.1) is 6.42 Å². The zero-order valence-electron chi connectivity index (χ0n) is 5.65. The molecule has 0 bridgehead atoms. The van der Waals surface area contributed by atoms with Crippen molar-refractivity contribution in [2.24, 2.45) is 7.05 Å². The Morgan fingerprint density at radius 3 is 3.00 bits per heavy atom. The summed E-state index contributed by atoms with van der Waals surface area (Å²) in [7, 11) is 1.77. The highest BCUT2D eigenvalue weighted by molar-refractivity contribution is 5.16. The van der Waals surface area contributed by atoms with E-state index in [1.54, 1.807) is 24.1 Å². The summed E-state index contributed by atoms with van der Waals surface area (Å²) in [5.41, 5.74) is 0.657. The standard InChI is InChI=1S/C7H8N2O/c1-3-7(10)6-4-8-9(2)5-6/h1,4-5,7,10H,2H3. The van der Waals surface area contributed by atoms with E-state index in [4.69, 9.17) is 11.5 Å². The van der Waals surface area contributed by atoms with Gasteiger partial charge in [0.25, 0.3) is 0 Å². The van der Waals surface area contributed by atoms with Gasteiger partial charge in [0, 0.05) is 18.8 Å². The van der Waals surface area contributed by atoms with Crippen LogP contribution in [0.4, 0.5) is 0 Å². The molecule has 0 spiro atoms. The molecule has 1 heterocycles. The van der Waals surface area contributed by atoms with Crippen molar-refractivity contribution < 1.29 is 5.11 Å². The molecule has 0 radical (unpaired) electrons. The second kappa shape index (κ2) is 2.54. The first-order valence-electron chi connectivity index (χ1n) is 2.87. The molecule has 0 aliphatic carbocycles. The van der Waals surface area contributed by atoms with Gasteiger partial charge in [-0.05, 0) is 0 Å². The highest BCUT2D eigenvalue weighted by Crippen LogP contribution is 2.08. The third-order valence-electron chi connectivity index (χ3n) is 1.20. The number of aliphatic hydroxyl groups is 1. The summed E-state index contributed by atoms with van der Waals surface area (Å²) in [6.07, 6.45) is 7.38. The largest absolute Gasteiger partial charge is 0.376 e. The van der Waals surface area contributed by atoms with E-state index in [1.165, 1.54) is 0 Å². The summed E-state index contributed by atoms with van der Waals surface area (Å²) in [5, 5.41) is 12.9. The number of hydrogen-bond acceptors (Lipinski definition) is 2. The summed E-state index contributed by atoms with van der Waals surface area (Å²) in [4.78, 5) is 0. The van der Waals surface area contributed by atoms with E-state index in [-0.39, 0.29) is 0 Å². The molecule has 0 aliphatic heterocycles. The van der Waals surface area contributed by atoms with Gasteiger partial charge in [0.2, 0.25) is 0 Å². The summed E-state index contributed by atoms with van der Waals surface area (Å²) < 4.78 is 1.59. The van der Waals surface area contributed by atoms with Crippen LogP contribution in [0, 0.1) is 12.3 Å². The summed E-state index contributed by atoms with van der Waals surface area (Å²) in [6.45, 7) is 0. The van der Waals surface area contributed by atoms with Crippen LogP contribution < -0.4 is 0 Å². The smallest absolute Gasteiger partial charge is 0.143 e. The first kappa shape index (κ1) is 6.84. The molecule has 1 atom stereocenters. The molecule has 1 rings (SSSR count). The minimum Gasteiger partial charge on any atom is -0.376 e. The summed E-state index contributed by atoms with van der Waals surface area (Å²) in [6, 6.07) is 0. The maximum atomic E-state index is 9.05. The summed E-state index contributed by atoms with van der Waals surface area (Å²) in [5.74, 6) is 2.20. The Balaban J connectivity index is 2.87. The van der Waals surface area contributed by atoms with E-state index in [0.717, 1.165) is 0 Å². The fraction of sp³-hybridized carbons (Fsp3) is 0.286. The Morgan fingerprint density at radius 2 is 2.60 bits per heavy atom. The third kappa shape index (κ3) is 1.17. The van der Waals surface area contributed by atoms with Crippen molar-refractivity contribution in [3.8, 4) is 12.3 Å². The first-order chi connectivity index (χ1) is 4.74. The van der Waals surface area contributed by atoms with Gasteiger partial charge in [-0.2, -0.15) is 5.10 Å². The minimum absolute atomic E-state index is 0.657. The molecule has 1 N–H and O–H groups in total. The number of nitrogens with zero attached hydrogens (tertiary/aromatic N) is 2. The van der Waals surface area contributed by atoms with E-state index in [0.29, 0.717) is 5.56 Å². The number of hydrogen-bond donors (Lipinski definition) is 1. The van der Waals surface area contributed by atoms with Crippen LogP contribution in [0.15, 0.2) is 12.4 Å². The zero-order chi connectivity index (χ0) is 7.56. The highest BCUT2D eigenvalue weighted by atomic mass is 16.3. The van der Waals surface area contributed by atoms with Crippen LogP contribution in [0.3, 0.4) is 0 Å². The molecule has 1 aromatic heterocycles. The molecule has 52 valence electrons. The predicted molar refractivity (Wildman–Crippen MR) is 37.0 cm³/mol. The van der Waals surface area contributed by atoms with E-state index in [2.05, 4.69) is 11.0 Å². The highest BCUT2D eigenvalue weighted by Gasteiger charge is 2.03. The van der Waals surface area contributed by atoms with Crippen LogP contribution in [0.1, 0.15) is 11.7 Å². The van der Waals surface area contributed by atoms with Crippen LogP contribution in [0.2, 0.25) is 0 Å². The Morgan fingerprint density at radius 1 is 1.90 bits per heavy atom. The number of aromatic nitrogens is 2. The lowest BCUT2D eigenvalue weighted by Crippen LogP contribution is -1.90. The topological polar surface area (TPSA) is 38.1 Å². The van der Waals surface area contributed by atoms with Crippen LogP contribution in [0.25, 0.3) is 0 Å². The Bertz CT molecular complexity index is 259. The van der Waals surface area contributed by atoms with Crippen LogP contribution in [-0.2, 0) is 7.05 Å². The third-order valence-corrected chi connectivity index (χ3v) is 1.20. The van der Waals surface area contributed by atoms with E-state index < -0.39 is 6.10 Å². The monoisotopic (exact) mass is 136 g/mol. The molecule has 0 fully saturated rings. The van der Waals surface area contributed by atoms with Gasteiger partial charge in [0.1, 0.15) is 6.10 Å². The average Bonchev–Trinajstić information content (AvgIpc) is 2.34. The van der Waals surface area contributed by atoms with Gasteiger partial charge in [0.15, 0.2) is 0 Å². The van der Waals surface area contributed by atoms with Crippen molar-refractivity contribution in [3.05, 3.63) is 18.0 Å². The van der Waals surface area contributed by atoms with E-state index in [1.807, 2.05) is 0 Å². The lowest BCUT2D eigenvalue weighted by molar-refractivity contribution is 0.238. The normalized spacial score (nSPS) is 12.5. The van der Waals surface area contributed by atoms with E-state index in [9.17, 15) is 0 Å². The molecular weight excluding hydrogens is 128 g/mol. The Hall–Kier alpha value is -1.27. The molecule has 0 aliphatic rings. The molecule has 10 heavy (non-hydrogen) atoms. The van der Waals surface area contributed by atoms with Crippen molar-refractivity contribution in [2.45, 2.75) is 6.10 Å². The second-order valence-electron chi connectivity index (χ2n) is 2.02. The molecule has 0 aromatic carbocycles. The van der Waals surface area contributed by atoms with E-state index >= 15 is 0 Å². The molecule has 0 amide bonds. The number of rotatable bonds is 1. The van der Waals surface area contributed by atoms with Gasteiger partial charge in [-0.1, -0.05) is 5.92 Å². The Labute approximate surface area is 59.3 Å². The van der Waals surface area contributed by atoms with Gasteiger partial charge in [0.05, 0.1) is 6.20 Å². The lowest BCUT2D eigenvalue weighted by Gasteiger charge is -1.94. The SMILES string of the molecule is C#CC(O)c1cnn(C)c1. The lowest BCUT2D eigenvalue weighted by atomic mass is 10.2. The minimum atomic E-state index is -0.825. The maximum absolute atomic E-state index is 9.05. The average molecular weight is 136 g/mol. The van der Waals surface area contributed by atoms with Crippen molar-refractivity contribution in [1.29, 1.82) is 0 Å². The fourth-order valence-electron chi connectivity index (χ4n) is 0.678. The predicted octanol–water partition coefficient (Wildman–Crippen LogP) is 0.0867. The van der Waals surface area contributed by atoms with Gasteiger partial charge < -0.3 is 5.11 Å². The van der Waals surface area contributed by atoms with Crippen LogP contribution >= 0.6 is 0 Å². The number of terminal acetylenes is 1. The van der Waals surface area contributed by atoms with Gasteiger partial charge in [-0.3, -0.25) is 4.68 Å². The molecule has 0 saturated heterocycles. The van der Waals surface area contributed by atoms with Crippen molar-refractivity contribution in [2.75, 3.05) is 0 Å². The molecule has 1 aromatic rings. The molecule has 0 saturated carbocycles. The zero-order valence-corrected chi connectivity index (χ0v) is 5.65. The summed E-state index contributed by atoms with van der Waals surface area (Å²) >= 11 is 0. The maximum Gasteiger partial charge on any atom is 0.143 e. The van der Waals surface area contributed by atoms with Crippen LogP contribution in [0.5, 0.6) is 0 Å². The molecule has 1 unspecified atom stereocenters. The first-order valence-corrected chi connectivity index (χ1v) is 2.87. The van der Waals surface area contributed by atoms with Crippen molar-refractivity contribution >= 4 is 0 Å². The molecular formula is C7H8N2O. The Kier molecular flexibility index (Phi) is 1.74. The number of aliphatic hydroxyl groups excluding tert-OH is 1. The fourth-order valence-corrected chi connectivity index (χ4v) is 0.678. The second-order valence-corrected chi connectivity index (χ2v) is 2.02. The van der Waals surface area contributed by atoms with Gasteiger partial charge in [-0.25, -0.2) is 0 Å². The quantitative estimate of drug-likeness (QED) is 0.555. The van der Waals surface area contributed by atoms with Crippen molar-refractivity contribution in [1.82, 2.24) is 9.78 Å². The number of aryl methyl sites for hydroxylation is 1. The molecule has 3 nitrogen and oxygen atoms in total. The van der Waals surface area contributed by atoms with Crippen molar-refractivity contribution in [3.63, 3.8) is 0 Å².